The summed E-state index contributed by atoms with van der Waals surface area (Å²) in [6.45, 7) is 0.986. The monoisotopic (exact) mass is 249 g/mol. The van der Waals surface area contributed by atoms with Crippen molar-refractivity contribution in [3.63, 3.8) is 0 Å². The second-order valence-corrected chi connectivity index (χ2v) is 3.37. The van der Waals surface area contributed by atoms with Crippen molar-refractivity contribution in [2.75, 3.05) is 0 Å². The van der Waals surface area contributed by atoms with Crippen LogP contribution in [0.2, 0.25) is 0 Å². The Hall–Kier alpha value is -0.700. The van der Waals surface area contributed by atoms with Crippen molar-refractivity contribution in [3.8, 4) is 0 Å². The third-order valence-electron chi connectivity index (χ3n) is 1.60. The highest BCUT2D eigenvalue weighted by Gasteiger charge is 2.10. The molecule has 0 unspecified atom stereocenters. The molecule has 0 N–H and O–H groups in total. The van der Waals surface area contributed by atoms with Crippen molar-refractivity contribution < 1.29 is 12.9 Å². The predicted octanol–water partition coefficient (Wildman–Crippen LogP) is 4.04. The Morgan fingerprint density at radius 2 is 2.31 bits per heavy atom. The Labute approximate surface area is 88.6 Å². The topological polar surface area (TPSA) is 0 Å². The van der Waals surface area contributed by atoms with E-state index in [1.54, 1.807) is 0 Å². The maximum absolute atomic E-state index is 12.4. The number of hydrogen-bond donors (Lipinski definition) is 0. The zero-order chi connectivity index (χ0) is 12.5. The molecule has 70 valence electrons. The molecule has 1 aromatic carbocycles. The van der Waals surface area contributed by atoms with Crippen molar-refractivity contribution in [1.82, 2.24) is 0 Å². The van der Waals surface area contributed by atoms with Gasteiger partial charge in [0.25, 0.3) is 6.43 Å². The zero-order valence-electron chi connectivity index (χ0n) is 9.65. The molecule has 0 fully saturated rings. The normalized spacial score (nSPS) is 14.9. The van der Waals surface area contributed by atoms with Gasteiger partial charge >= 0.3 is 0 Å². The van der Waals surface area contributed by atoms with Gasteiger partial charge in [-0.3, -0.25) is 0 Å². The molecule has 3 heteroatoms. The van der Waals surface area contributed by atoms with E-state index in [2.05, 4.69) is 22.5 Å². The molecule has 0 bridgehead atoms. The van der Waals surface area contributed by atoms with Crippen molar-refractivity contribution >= 4 is 21.5 Å². The van der Waals surface area contributed by atoms with Crippen LogP contribution in [0.1, 0.15) is 15.2 Å². The molecule has 0 saturated heterocycles. The second-order valence-electron chi connectivity index (χ2n) is 2.52. The van der Waals surface area contributed by atoms with E-state index >= 15 is 0 Å². The van der Waals surface area contributed by atoms with Crippen LogP contribution in [-0.2, 0) is 0 Å². The van der Waals surface area contributed by atoms with E-state index in [4.69, 9.17) is 4.11 Å². The molecule has 0 aliphatic carbocycles. The summed E-state index contributed by atoms with van der Waals surface area (Å²) in [6.07, 6.45) is -2.65. The van der Waals surface area contributed by atoms with Crippen molar-refractivity contribution in [3.05, 3.63) is 40.4 Å². The largest absolute Gasteiger partial charge is 0.263 e. The van der Waals surface area contributed by atoms with Crippen LogP contribution in [0.5, 0.6) is 0 Å². The SMILES string of the molecule is [2H]C([2H])([2H])c1ccc(C(=C)C(F)F)cc1Br. The number of aryl methyl sites for hydroxylation is 1. The van der Waals surface area contributed by atoms with E-state index in [1.807, 2.05) is 0 Å². The summed E-state index contributed by atoms with van der Waals surface area (Å²) in [5, 5.41) is 0. The lowest BCUT2D eigenvalue weighted by Crippen LogP contribution is -1.94. The Balaban J connectivity index is 3.15. The van der Waals surface area contributed by atoms with Crippen molar-refractivity contribution in [2.45, 2.75) is 13.3 Å². The van der Waals surface area contributed by atoms with Crippen LogP contribution in [0.3, 0.4) is 0 Å². The minimum Gasteiger partial charge on any atom is -0.205 e. The van der Waals surface area contributed by atoms with Crippen LogP contribution in [0, 0.1) is 6.85 Å². The fourth-order valence-electron chi connectivity index (χ4n) is 0.841. The average Bonchev–Trinajstić information content (AvgIpc) is 2.14. The first kappa shape index (κ1) is 6.71. The molecule has 0 aromatic heterocycles. The van der Waals surface area contributed by atoms with Crippen LogP contribution in [-0.4, -0.2) is 6.43 Å². The van der Waals surface area contributed by atoms with Crippen LogP contribution in [0.15, 0.2) is 29.3 Å². The average molecular weight is 250 g/mol. The molecule has 0 nitrogen and oxygen atoms in total. The predicted molar refractivity (Wildman–Crippen MR) is 53.9 cm³/mol. The zero-order valence-corrected chi connectivity index (χ0v) is 8.24. The molecule has 0 amide bonds. The van der Waals surface area contributed by atoms with E-state index in [0.717, 1.165) is 0 Å². The molecule has 0 aliphatic heterocycles. The first-order valence-electron chi connectivity index (χ1n) is 5.01. The number of benzene rings is 1. The molecule has 13 heavy (non-hydrogen) atoms. The van der Waals surface area contributed by atoms with Gasteiger partial charge in [0.05, 0.1) is 0 Å². The highest BCUT2D eigenvalue weighted by atomic mass is 79.9. The highest BCUT2D eigenvalue weighted by Crippen LogP contribution is 2.25. The molecule has 1 rings (SSSR count). The van der Waals surface area contributed by atoms with Gasteiger partial charge in [-0.1, -0.05) is 34.6 Å². The Morgan fingerprint density at radius 1 is 1.62 bits per heavy atom. The van der Waals surface area contributed by atoms with Gasteiger partial charge in [-0.2, -0.15) is 0 Å². The molecule has 0 saturated carbocycles. The highest BCUT2D eigenvalue weighted by molar-refractivity contribution is 9.10. The van der Waals surface area contributed by atoms with Gasteiger partial charge in [-0.05, 0) is 24.0 Å². The van der Waals surface area contributed by atoms with Gasteiger partial charge in [-0.15, -0.1) is 0 Å². The maximum Gasteiger partial charge on any atom is 0.263 e. The lowest BCUT2D eigenvalue weighted by Gasteiger charge is -2.06. The first-order chi connectivity index (χ1) is 7.23. The van der Waals surface area contributed by atoms with Crippen molar-refractivity contribution in [1.29, 1.82) is 0 Å². The van der Waals surface area contributed by atoms with Crippen LogP contribution >= 0.6 is 15.9 Å². The lowest BCUT2D eigenvalue weighted by molar-refractivity contribution is 0.215. The van der Waals surface area contributed by atoms with E-state index in [1.165, 1.54) is 18.2 Å². The van der Waals surface area contributed by atoms with Gasteiger partial charge in [0.15, 0.2) is 0 Å². The van der Waals surface area contributed by atoms with Gasteiger partial charge in [0, 0.05) is 14.2 Å². The smallest absolute Gasteiger partial charge is 0.205 e. The summed E-state index contributed by atoms with van der Waals surface area (Å²) in [5.41, 5.74) is 0.00554. The summed E-state index contributed by atoms with van der Waals surface area (Å²) in [7, 11) is 0. The van der Waals surface area contributed by atoms with Gasteiger partial charge in [0.2, 0.25) is 0 Å². The molecule has 0 spiro atoms. The molecule has 0 aliphatic rings. The minimum atomic E-state index is -2.65. The van der Waals surface area contributed by atoms with Gasteiger partial charge < -0.3 is 0 Å². The minimum absolute atomic E-state index is 0.0957. The molecule has 1 aromatic rings. The van der Waals surface area contributed by atoms with E-state index < -0.39 is 13.3 Å². The standard InChI is InChI=1S/C10H9BrF2/c1-6-3-4-8(5-9(6)11)7(2)10(12)13/h3-5,10H,2H2,1H3/i1D3. The van der Waals surface area contributed by atoms with Crippen LogP contribution in [0.25, 0.3) is 5.57 Å². The number of allylic oxidation sites excluding steroid dienone is 1. The second kappa shape index (κ2) is 4.01. The molecular formula is C10H9BrF2. The summed E-state index contributed by atoms with van der Waals surface area (Å²) in [4.78, 5) is 0. The number of alkyl halides is 2. The molecular weight excluding hydrogens is 238 g/mol. The molecule has 0 atom stereocenters. The van der Waals surface area contributed by atoms with Gasteiger partial charge in [0.1, 0.15) is 0 Å². The van der Waals surface area contributed by atoms with Crippen molar-refractivity contribution in [2.24, 2.45) is 0 Å². The summed E-state index contributed by atoms with van der Waals surface area (Å²) >= 11 is 3.05. The summed E-state index contributed by atoms with van der Waals surface area (Å²) < 4.78 is 46.6. The van der Waals surface area contributed by atoms with Crippen LogP contribution in [0.4, 0.5) is 8.78 Å². The number of rotatable bonds is 2. The van der Waals surface area contributed by atoms with E-state index in [-0.39, 0.29) is 21.2 Å². The Morgan fingerprint density at radius 3 is 2.77 bits per heavy atom. The molecule has 0 radical (unpaired) electrons. The Bertz CT molecular complexity index is 413. The van der Waals surface area contributed by atoms with Gasteiger partial charge in [-0.25, -0.2) is 8.78 Å². The quantitative estimate of drug-likeness (QED) is 0.743. The fourth-order valence-corrected chi connectivity index (χ4v) is 1.22. The summed E-state index contributed by atoms with van der Waals surface area (Å²) in [5.74, 6) is 0. The van der Waals surface area contributed by atoms with Crippen LogP contribution < -0.4 is 0 Å². The summed E-state index contributed by atoms with van der Waals surface area (Å²) in [6, 6.07) is 3.98. The number of halogens is 3. The number of hydrogen-bond acceptors (Lipinski definition) is 0. The van der Waals surface area contributed by atoms with E-state index in [0.29, 0.717) is 0 Å². The maximum atomic E-state index is 12.4. The molecule has 0 heterocycles. The third kappa shape index (κ3) is 2.37. The lowest BCUT2D eigenvalue weighted by atomic mass is 10.1. The Kier molecular flexibility index (Phi) is 2.07. The third-order valence-corrected chi connectivity index (χ3v) is 2.26. The fraction of sp³-hybridized carbons (Fsp3) is 0.200. The van der Waals surface area contributed by atoms with E-state index in [9.17, 15) is 8.78 Å². The first-order valence-corrected chi connectivity index (χ1v) is 4.30.